The van der Waals surface area contributed by atoms with Gasteiger partial charge in [-0.25, -0.2) is 0 Å². The minimum atomic E-state index is 0.436. The molecule has 22 heavy (non-hydrogen) atoms. The Bertz CT molecular complexity index is 373. The first kappa shape index (κ1) is 17.8. The molecule has 125 valence electrons. The average Bonchev–Trinajstić information content (AvgIpc) is 2.52. The van der Waals surface area contributed by atoms with Crippen LogP contribution in [0.3, 0.4) is 0 Å². The van der Waals surface area contributed by atoms with E-state index in [-0.39, 0.29) is 0 Å². The van der Waals surface area contributed by atoms with Crippen LogP contribution < -0.4 is 0 Å². The van der Waals surface area contributed by atoms with Gasteiger partial charge < -0.3 is 0 Å². The van der Waals surface area contributed by atoms with Crippen LogP contribution in [-0.4, -0.2) is 0 Å². The van der Waals surface area contributed by atoms with Gasteiger partial charge in [-0.1, -0.05) is 64.8 Å². The molecule has 0 aromatic rings. The summed E-state index contributed by atoms with van der Waals surface area (Å²) in [4.78, 5) is 0. The number of hydrogen-bond donors (Lipinski definition) is 0. The van der Waals surface area contributed by atoms with Gasteiger partial charge in [0.25, 0.3) is 0 Å². The molecule has 0 saturated carbocycles. The highest BCUT2D eigenvalue weighted by molar-refractivity contribution is 5.22. The van der Waals surface area contributed by atoms with Crippen molar-refractivity contribution in [2.75, 3.05) is 0 Å². The first-order chi connectivity index (χ1) is 10.5. The minimum Gasteiger partial charge on any atom is -0.0882 e. The lowest BCUT2D eigenvalue weighted by molar-refractivity contribution is 0.197. The van der Waals surface area contributed by atoms with Crippen molar-refractivity contribution in [3.05, 3.63) is 30.2 Å². The van der Waals surface area contributed by atoms with Crippen molar-refractivity contribution in [2.45, 2.75) is 85.5 Å². The molecule has 0 heteroatoms. The molecule has 0 aliphatic heterocycles. The molecule has 0 N–H and O–H groups in total. The second-order valence-corrected chi connectivity index (χ2v) is 8.50. The average molecular weight is 302 g/mol. The fourth-order valence-electron chi connectivity index (χ4n) is 4.28. The molecule has 1 radical (unpaired) electrons. The van der Waals surface area contributed by atoms with E-state index in [0.717, 1.165) is 17.8 Å². The van der Waals surface area contributed by atoms with Crippen molar-refractivity contribution in [1.82, 2.24) is 0 Å². The maximum atomic E-state index is 2.62. The Morgan fingerprint density at radius 1 is 1.05 bits per heavy atom. The van der Waals surface area contributed by atoms with Crippen LogP contribution in [0.5, 0.6) is 0 Å². The molecule has 0 saturated heterocycles. The van der Waals surface area contributed by atoms with Gasteiger partial charge in [-0.2, -0.15) is 0 Å². The molecule has 0 bridgehead atoms. The zero-order chi connectivity index (χ0) is 16.0. The smallest absolute Gasteiger partial charge is 0.00498 e. The lowest BCUT2D eigenvalue weighted by atomic mass is 9.59. The predicted molar refractivity (Wildman–Crippen MR) is 98.7 cm³/mol. The normalized spacial score (nSPS) is 29.6. The summed E-state index contributed by atoms with van der Waals surface area (Å²) in [6.07, 6.45) is 22.3. The van der Waals surface area contributed by atoms with E-state index in [9.17, 15) is 0 Å². The molecule has 2 aliphatic rings. The third-order valence-electron chi connectivity index (χ3n) is 5.71. The van der Waals surface area contributed by atoms with Gasteiger partial charge in [0.15, 0.2) is 0 Å². The second-order valence-electron chi connectivity index (χ2n) is 8.50. The van der Waals surface area contributed by atoms with Crippen molar-refractivity contribution in [3.63, 3.8) is 0 Å². The van der Waals surface area contributed by atoms with Crippen LogP contribution in [-0.2, 0) is 0 Å². The third kappa shape index (κ3) is 4.74. The summed E-state index contributed by atoms with van der Waals surface area (Å²) in [7, 11) is 0. The lowest BCUT2D eigenvalue weighted by Crippen LogP contribution is -2.35. The second kappa shape index (κ2) is 8.37. The molecule has 0 spiro atoms. The molecule has 2 rings (SSSR count). The first-order valence-corrected chi connectivity index (χ1v) is 9.72. The lowest BCUT2D eigenvalue weighted by Gasteiger charge is -2.45. The van der Waals surface area contributed by atoms with Gasteiger partial charge in [0.2, 0.25) is 0 Å². The van der Waals surface area contributed by atoms with Gasteiger partial charge in [-0.05, 0) is 74.0 Å². The standard InChI is InChI=1S/C22H37/c1-18(2)12-13-20-10-6-7-11-21(20)22(17-14-19(3)4)15-8-5-9-16-22/h7-8,11,15,18-19,21H,5-6,9-10,12-14,16-17H2,1-4H3. The Hall–Kier alpha value is -0.520. The van der Waals surface area contributed by atoms with E-state index in [1.807, 2.05) is 5.92 Å². The van der Waals surface area contributed by atoms with Crippen LogP contribution in [0.15, 0.2) is 24.3 Å². The molecular formula is C22H37. The minimum absolute atomic E-state index is 0.436. The highest BCUT2D eigenvalue weighted by Gasteiger charge is 2.40. The van der Waals surface area contributed by atoms with Gasteiger partial charge in [-0.15, -0.1) is 0 Å². The molecule has 0 amide bonds. The zero-order valence-electron chi connectivity index (χ0n) is 15.4. The van der Waals surface area contributed by atoms with E-state index in [1.54, 1.807) is 0 Å². The summed E-state index contributed by atoms with van der Waals surface area (Å²) in [5.41, 5.74) is 0.436. The van der Waals surface area contributed by atoms with Gasteiger partial charge in [-0.3, -0.25) is 0 Å². The van der Waals surface area contributed by atoms with Crippen molar-refractivity contribution in [1.29, 1.82) is 0 Å². The maximum Gasteiger partial charge on any atom is -0.00498 e. The topological polar surface area (TPSA) is 0 Å². The highest BCUT2D eigenvalue weighted by atomic mass is 14.4. The summed E-state index contributed by atoms with van der Waals surface area (Å²) < 4.78 is 0. The van der Waals surface area contributed by atoms with E-state index < -0.39 is 0 Å². The summed E-state index contributed by atoms with van der Waals surface area (Å²) in [6, 6.07) is 0. The fourth-order valence-corrected chi connectivity index (χ4v) is 4.28. The largest absolute Gasteiger partial charge is 0.0882 e. The Morgan fingerprint density at radius 3 is 2.45 bits per heavy atom. The van der Waals surface area contributed by atoms with Crippen LogP contribution in [0.1, 0.15) is 85.5 Å². The van der Waals surface area contributed by atoms with E-state index >= 15 is 0 Å². The highest BCUT2D eigenvalue weighted by Crippen LogP contribution is 2.51. The maximum absolute atomic E-state index is 2.62. The summed E-state index contributed by atoms with van der Waals surface area (Å²) in [5.74, 6) is 4.22. The molecule has 2 unspecified atom stereocenters. The summed E-state index contributed by atoms with van der Waals surface area (Å²) >= 11 is 0. The fraction of sp³-hybridized carbons (Fsp3) is 0.773. The van der Waals surface area contributed by atoms with Crippen molar-refractivity contribution >= 4 is 0 Å². The van der Waals surface area contributed by atoms with E-state index in [0.29, 0.717) is 5.41 Å². The number of rotatable bonds is 7. The van der Waals surface area contributed by atoms with Crippen LogP contribution in [0.25, 0.3) is 0 Å². The Kier molecular flexibility index (Phi) is 6.78. The predicted octanol–water partition coefficient (Wildman–Crippen LogP) is 7.13. The van der Waals surface area contributed by atoms with Crippen LogP contribution in [0.2, 0.25) is 0 Å². The Balaban J connectivity index is 2.15. The van der Waals surface area contributed by atoms with Crippen molar-refractivity contribution < 1.29 is 0 Å². The molecular weight excluding hydrogens is 264 g/mol. The number of allylic oxidation sites excluding steroid dienone is 4. The van der Waals surface area contributed by atoms with Gasteiger partial charge >= 0.3 is 0 Å². The molecule has 0 aromatic heterocycles. The number of hydrogen-bond acceptors (Lipinski definition) is 0. The molecule has 0 nitrogen and oxygen atoms in total. The van der Waals surface area contributed by atoms with Gasteiger partial charge in [0.05, 0.1) is 0 Å². The van der Waals surface area contributed by atoms with Crippen LogP contribution in [0, 0.1) is 29.1 Å². The monoisotopic (exact) mass is 301 g/mol. The van der Waals surface area contributed by atoms with Crippen LogP contribution >= 0.6 is 0 Å². The SMILES string of the molecule is CC(C)CC[C]1CCC=CC1C1(CCC(C)C)C=CCCC1. The van der Waals surface area contributed by atoms with Crippen LogP contribution in [0.4, 0.5) is 0 Å². The zero-order valence-corrected chi connectivity index (χ0v) is 15.4. The van der Waals surface area contributed by atoms with E-state index in [1.165, 1.54) is 57.8 Å². The molecule has 2 aliphatic carbocycles. The Labute approximate surface area is 139 Å². The van der Waals surface area contributed by atoms with Crippen molar-refractivity contribution in [2.24, 2.45) is 23.2 Å². The first-order valence-electron chi connectivity index (χ1n) is 9.72. The molecule has 0 aromatic carbocycles. The summed E-state index contributed by atoms with van der Waals surface area (Å²) in [5, 5.41) is 0. The van der Waals surface area contributed by atoms with Gasteiger partial charge in [0.1, 0.15) is 0 Å². The molecule has 0 fully saturated rings. The summed E-state index contributed by atoms with van der Waals surface area (Å²) in [6.45, 7) is 9.48. The van der Waals surface area contributed by atoms with Crippen molar-refractivity contribution in [3.8, 4) is 0 Å². The third-order valence-corrected chi connectivity index (χ3v) is 5.71. The molecule has 2 atom stereocenters. The van der Waals surface area contributed by atoms with E-state index in [4.69, 9.17) is 0 Å². The quantitative estimate of drug-likeness (QED) is 0.439. The Morgan fingerprint density at radius 2 is 1.82 bits per heavy atom. The van der Waals surface area contributed by atoms with E-state index in [2.05, 4.69) is 52.0 Å². The van der Waals surface area contributed by atoms with Gasteiger partial charge in [0, 0.05) is 0 Å². The molecule has 0 heterocycles.